The molecule has 1 unspecified atom stereocenters. The van der Waals surface area contributed by atoms with Gasteiger partial charge in [0.2, 0.25) is 11.9 Å². The summed E-state index contributed by atoms with van der Waals surface area (Å²) in [5.74, 6) is 0.0684. The quantitative estimate of drug-likeness (QED) is 0.880. The first-order valence-electron chi connectivity index (χ1n) is 8.68. The average Bonchev–Trinajstić information content (AvgIpc) is 2.62. The second-order valence-corrected chi connectivity index (χ2v) is 6.85. The van der Waals surface area contributed by atoms with Crippen LogP contribution in [0.4, 0.5) is 10.3 Å². The minimum atomic E-state index is -1.02. The number of aliphatic hydroxyl groups is 1. The van der Waals surface area contributed by atoms with E-state index in [9.17, 15) is 14.3 Å². The molecule has 6 nitrogen and oxygen atoms in total. The summed E-state index contributed by atoms with van der Waals surface area (Å²) in [6.07, 6.45) is 4.85. The zero-order chi connectivity index (χ0) is 18.6. The van der Waals surface area contributed by atoms with E-state index in [1.807, 2.05) is 4.90 Å². The van der Waals surface area contributed by atoms with Crippen molar-refractivity contribution in [2.75, 3.05) is 31.6 Å². The highest BCUT2D eigenvalue weighted by atomic mass is 19.1. The fraction of sp³-hybridized carbons (Fsp3) is 0.421. The molecule has 3 rings (SSSR count). The van der Waals surface area contributed by atoms with E-state index in [2.05, 4.69) is 9.97 Å². The lowest BCUT2D eigenvalue weighted by atomic mass is 9.92. The second-order valence-electron chi connectivity index (χ2n) is 6.85. The third kappa shape index (κ3) is 4.54. The van der Waals surface area contributed by atoms with Crippen molar-refractivity contribution in [3.05, 3.63) is 54.1 Å². The van der Waals surface area contributed by atoms with Crippen LogP contribution in [0.2, 0.25) is 0 Å². The van der Waals surface area contributed by atoms with Gasteiger partial charge in [-0.25, -0.2) is 14.4 Å². The third-order valence-corrected chi connectivity index (χ3v) is 4.59. The van der Waals surface area contributed by atoms with Crippen LogP contribution < -0.4 is 4.90 Å². The van der Waals surface area contributed by atoms with E-state index >= 15 is 0 Å². The zero-order valence-corrected chi connectivity index (χ0v) is 14.8. The van der Waals surface area contributed by atoms with Gasteiger partial charge in [-0.05, 0) is 36.6 Å². The highest BCUT2D eigenvalue weighted by molar-refractivity contribution is 5.78. The Morgan fingerprint density at radius 1 is 1.35 bits per heavy atom. The van der Waals surface area contributed by atoms with Crippen molar-refractivity contribution in [2.24, 2.45) is 0 Å². The van der Waals surface area contributed by atoms with Crippen molar-refractivity contribution < 1.29 is 14.3 Å². The Morgan fingerprint density at radius 3 is 2.85 bits per heavy atom. The molecule has 2 aromatic rings. The van der Waals surface area contributed by atoms with Crippen LogP contribution in [-0.2, 0) is 11.2 Å². The Bertz CT molecular complexity index is 758. The summed E-state index contributed by atoms with van der Waals surface area (Å²) in [6, 6.07) is 7.76. The number of likely N-dealkylation sites (N-methyl/N-ethyl adjacent to an activating group) is 1. The van der Waals surface area contributed by atoms with Gasteiger partial charge >= 0.3 is 0 Å². The molecule has 1 fully saturated rings. The minimum Gasteiger partial charge on any atom is -0.386 e. The van der Waals surface area contributed by atoms with Gasteiger partial charge in [-0.3, -0.25) is 4.79 Å². The molecule has 1 aliphatic heterocycles. The Morgan fingerprint density at radius 2 is 2.12 bits per heavy atom. The molecular weight excluding hydrogens is 335 g/mol. The third-order valence-electron chi connectivity index (χ3n) is 4.59. The molecule has 0 radical (unpaired) electrons. The van der Waals surface area contributed by atoms with Crippen LogP contribution in [-0.4, -0.2) is 58.2 Å². The predicted octanol–water partition coefficient (Wildman–Crippen LogP) is 1.65. The van der Waals surface area contributed by atoms with Gasteiger partial charge < -0.3 is 14.9 Å². The Hall–Kier alpha value is -2.54. The Kier molecular flexibility index (Phi) is 5.46. The molecule has 0 spiro atoms. The molecule has 0 saturated carbocycles. The van der Waals surface area contributed by atoms with Gasteiger partial charge in [0, 0.05) is 26.0 Å². The maximum Gasteiger partial charge on any atom is 0.226 e. The summed E-state index contributed by atoms with van der Waals surface area (Å²) in [6.45, 7) is 1.35. The molecule has 7 heteroatoms. The van der Waals surface area contributed by atoms with Gasteiger partial charge in [-0.1, -0.05) is 12.1 Å². The smallest absolute Gasteiger partial charge is 0.226 e. The molecular formula is C19H23FN4O2. The van der Waals surface area contributed by atoms with Crippen molar-refractivity contribution in [3.63, 3.8) is 0 Å². The summed E-state index contributed by atoms with van der Waals surface area (Å²) < 4.78 is 13.3. The fourth-order valence-electron chi connectivity index (χ4n) is 3.35. The number of rotatable bonds is 5. The number of aromatic nitrogens is 2. The van der Waals surface area contributed by atoms with Crippen LogP contribution in [0.1, 0.15) is 18.4 Å². The molecule has 1 aliphatic rings. The zero-order valence-electron chi connectivity index (χ0n) is 14.8. The van der Waals surface area contributed by atoms with Gasteiger partial charge in [0.05, 0.1) is 25.1 Å². The van der Waals surface area contributed by atoms with Crippen molar-refractivity contribution in [1.29, 1.82) is 0 Å². The van der Waals surface area contributed by atoms with Gasteiger partial charge in [-0.15, -0.1) is 0 Å². The molecule has 1 atom stereocenters. The molecule has 1 amide bonds. The van der Waals surface area contributed by atoms with Gasteiger partial charge in [0.25, 0.3) is 0 Å². The lowest BCUT2D eigenvalue weighted by Crippen LogP contribution is -2.55. The first kappa shape index (κ1) is 18.3. The topological polar surface area (TPSA) is 69.6 Å². The van der Waals surface area contributed by atoms with Gasteiger partial charge in [0.1, 0.15) is 5.82 Å². The largest absolute Gasteiger partial charge is 0.386 e. The van der Waals surface area contributed by atoms with Crippen LogP contribution in [0.15, 0.2) is 42.7 Å². The molecule has 1 aromatic heterocycles. The maximum atomic E-state index is 13.3. The Balaban J connectivity index is 1.61. The van der Waals surface area contributed by atoms with Crippen molar-refractivity contribution in [1.82, 2.24) is 14.9 Å². The van der Waals surface area contributed by atoms with E-state index < -0.39 is 5.60 Å². The molecule has 138 valence electrons. The summed E-state index contributed by atoms with van der Waals surface area (Å²) in [5.41, 5.74) is -0.402. The number of β-amino-alcohol motifs (C(OH)–C–C–N with tert-alkyl or cyclic N) is 1. The number of carbonyl (C=O) groups is 1. The molecule has 26 heavy (non-hydrogen) atoms. The number of hydrogen-bond acceptors (Lipinski definition) is 5. The Labute approximate surface area is 152 Å². The van der Waals surface area contributed by atoms with Crippen LogP contribution >= 0.6 is 0 Å². The normalized spacial score (nSPS) is 20.0. The number of nitrogens with zero attached hydrogens (tertiary/aromatic N) is 4. The van der Waals surface area contributed by atoms with E-state index in [-0.39, 0.29) is 24.7 Å². The standard InChI is InChI=1S/C19H23FN4O2/c1-23(17(25)12-15-5-2-6-16(20)11-15)13-19(26)7-3-10-24(14-19)18-21-8-4-9-22-18/h2,4-6,8-9,11,26H,3,7,10,12-14H2,1H3. The molecule has 1 saturated heterocycles. The molecule has 1 N–H and O–H groups in total. The van der Waals surface area contributed by atoms with Crippen LogP contribution in [0, 0.1) is 5.82 Å². The van der Waals surface area contributed by atoms with Crippen molar-refractivity contribution >= 4 is 11.9 Å². The number of carbonyl (C=O) groups excluding carboxylic acids is 1. The van der Waals surface area contributed by atoms with E-state index in [4.69, 9.17) is 0 Å². The van der Waals surface area contributed by atoms with E-state index in [0.717, 1.165) is 13.0 Å². The summed E-state index contributed by atoms with van der Waals surface area (Å²) >= 11 is 0. The predicted molar refractivity (Wildman–Crippen MR) is 96.2 cm³/mol. The summed E-state index contributed by atoms with van der Waals surface area (Å²) in [5, 5.41) is 11.0. The average molecular weight is 358 g/mol. The molecule has 0 aliphatic carbocycles. The van der Waals surface area contributed by atoms with Crippen molar-refractivity contribution in [2.45, 2.75) is 24.9 Å². The molecule has 2 heterocycles. The monoisotopic (exact) mass is 358 g/mol. The maximum absolute atomic E-state index is 13.3. The SMILES string of the molecule is CN(CC1(O)CCCN(c2ncccn2)C1)C(=O)Cc1cccc(F)c1. The number of amides is 1. The lowest BCUT2D eigenvalue weighted by molar-refractivity contribution is -0.132. The second kappa shape index (κ2) is 7.78. The van der Waals surface area contributed by atoms with E-state index in [0.29, 0.717) is 24.5 Å². The first-order chi connectivity index (χ1) is 12.5. The highest BCUT2D eigenvalue weighted by Gasteiger charge is 2.36. The van der Waals surface area contributed by atoms with Crippen LogP contribution in [0.3, 0.4) is 0 Å². The first-order valence-corrected chi connectivity index (χ1v) is 8.68. The van der Waals surface area contributed by atoms with Crippen LogP contribution in [0.5, 0.6) is 0 Å². The van der Waals surface area contributed by atoms with Gasteiger partial charge in [-0.2, -0.15) is 0 Å². The number of halogens is 1. The van der Waals surface area contributed by atoms with Crippen molar-refractivity contribution in [3.8, 4) is 0 Å². The number of anilines is 1. The number of hydrogen-bond donors (Lipinski definition) is 1. The molecule has 0 bridgehead atoms. The van der Waals surface area contributed by atoms with Gasteiger partial charge in [0.15, 0.2) is 0 Å². The van der Waals surface area contributed by atoms with E-state index in [1.165, 1.54) is 17.0 Å². The highest BCUT2D eigenvalue weighted by Crippen LogP contribution is 2.24. The van der Waals surface area contributed by atoms with Crippen LogP contribution in [0.25, 0.3) is 0 Å². The number of piperidine rings is 1. The lowest BCUT2D eigenvalue weighted by Gasteiger charge is -2.41. The summed E-state index contributed by atoms with van der Waals surface area (Å²) in [7, 11) is 1.66. The fourth-order valence-corrected chi connectivity index (χ4v) is 3.35. The molecule has 1 aromatic carbocycles. The number of benzene rings is 1. The minimum absolute atomic E-state index is 0.107. The van der Waals surface area contributed by atoms with E-state index in [1.54, 1.807) is 37.6 Å². The summed E-state index contributed by atoms with van der Waals surface area (Å²) in [4.78, 5) is 24.4.